The molecule has 3 nitrogen and oxygen atoms in total. The minimum absolute atomic E-state index is 0.450. The predicted octanol–water partition coefficient (Wildman–Crippen LogP) is 2.11. The summed E-state index contributed by atoms with van der Waals surface area (Å²) in [7, 11) is 2.02. The Morgan fingerprint density at radius 1 is 1.60 bits per heavy atom. The number of nitrogens with zero attached hydrogens (tertiary/aromatic N) is 2. The Morgan fingerprint density at radius 2 is 2.47 bits per heavy atom. The molecule has 15 heavy (non-hydrogen) atoms. The van der Waals surface area contributed by atoms with Gasteiger partial charge in [0.2, 0.25) is 0 Å². The lowest BCUT2D eigenvalue weighted by atomic mass is 9.85. The molecule has 3 heteroatoms. The van der Waals surface area contributed by atoms with Gasteiger partial charge in [-0.05, 0) is 25.2 Å². The summed E-state index contributed by atoms with van der Waals surface area (Å²) < 4.78 is 2.06. The Kier molecular flexibility index (Phi) is 3.19. The minimum Gasteiger partial charge on any atom is -0.338 e. The second-order valence-electron chi connectivity index (χ2n) is 4.49. The first-order chi connectivity index (χ1) is 7.25. The number of aryl methyl sites for hydroxylation is 2. The van der Waals surface area contributed by atoms with E-state index < -0.39 is 0 Å². The number of rotatable bonds is 3. The topological polar surface area (TPSA) is 34.9 Å². The van der Waals surface area contributed by atoms with Gasteiger partial charge in [0.15, 0.2) is 0 Å². The molecule has 0 radical (unpaired) electrons. The third-order valence-corrected chi connectivity index (χ3v) is 3.28. The van der Waals surface area contributed by atoms with Crippen LogP contribution in [0.4, 0.5) is 0 Å². The number of ketones is 1. The third-order valence-electron chi connectivity index (χ3n) is 3.28. The van der Waals surface area contributed by atoms with Gasteiger partial charge in [-0.25, -0.2) is 4.98 Å². The van der Waals surface area contributed by atoms with Crippen LogP contribution in [0.3, 0.4) is 0 Å². The molecule has 0 aromatic carbocycles. The van der Waals surface area contributed by atoms with E-state index in [1.165, 1.54) is 6.42 Å². The van der Waals surface area contributed by atoms with Crippen LogP contribution in [0.5, 0.6) is 0 Å². The largest absolute Gasteiger partial charge is 0.338 e. The summed E-state index contributed by atoms with van der Waals surface area (Å²) in [5.74, 6) is 2.18. The number of hydrogen-bond donors (Lipinski definition) is 0. The number of imidazole rings is 1. The molecule has 1 aliphatic carbocycles. The minimum atomic E-state index is 0.450. The monoisotopic (exact) mass is 206 g/mol. The van der Waals surface area contributed by atoms with Crippen LogP contribution in [0.25, 0.3) is 0 Å². The summed E-state index contributed by atoms with van der Waals surface area (Å²) in [4.78, 5) is 15.6. The molecule has 1 fully saturated rings. The molecule has 0 aliphatic heterocycles. The van der Waals surface area contributed by atoms with Crippen LogP contribution in [-0.2, 0) is 18.3 Å². The molecule has 2 rings (SSSR count). The van der Waals surface area contributed by atoms with E-state index in [0.717, 1.165) is 37.9 Å². The van der Waals surface area contributed by atoms with Gasteiger partial charge in [0.05, 0.1) is 0 Å². The van der Waals surface area contributed by atoms with Crippen molar-refractivity contribution in [3.8, 4) is 0 Å². The predicted molar refractivity (Wildman–Crippen MR) is 58.5 cm³/mol. The van der Waals surface area contributed by atoms with Gasteiger partial charge in [0.1, 0.15) is 11.6 Å². The summed E-state index contributed by atoms with van der Waals surface area (Å²) in [5, 5.41) is 0. The third kappa shape index (κ3) is 2.67. The van der Waals surface area contributed by atoms with Crippen molar-refractivity contribution in [3.05, 3.63) is 18.2 Å². The summed E-state index contributed by atoms with van der Waals surface area (Å²) in [6, 6.07) is 0. The Balaban J connectivity index is 1.83. The zero-order chi connectivity index (χ0) is 10.7. The number of aromatic nitrogens is 2. The van der Waals surface area contributed by atoms with Crippen molar-refractivity contribution in [1.29, 1.82) is 0 Å². The first kappa shape index (κ1) is 10.4. The SMILES string of the molecule is Cn1ccnc1CCC1CCCC(=O)C1. The van der Waals surface area contributed by atoms with Gasteiger partial charge in [0, 0.05) is 38.7 Å². The van der Waals surface area contributed by atoms with Crippen LogP contribution in [0.1, 0.15) is 37.9 Å². The lowest BCUT2D eigenvalue weighted by Gasteiger charge is -2.20. The normalized spacial score (nSPS) is 21.9. The van der Waals surface area contributed by atoms with Gasteiger partial charge in [0.25, 0.3) is 0 Å². The van der Waals surface area contributed by atoms with Crippen LogP contribution < -0.4 is 0 Å². The maximum Gasteiger partial charge on any atom is 0.133 e. The summed E-state index contributed by atoms with van der Waals surface area (Å²) in [6.07, 6.45) is 9.82. The molecular formula is C12H18N2O. The number of carbonyl (C=O) groups excluding carboxylic acids is 1. The van der Waals surface area contributed by atoms with E-state index in [1.54, 1.807) is 0 Å². The van der Waals surface area contributed by atoms with Crippen molar-refractivity contribution in [3.63, 3.8) is 0 Å². The zero-order valence-electron chi connectivity index (χ0n) is 9.28. The van der Waals surface area contributed by atoms with Crippen molar-refractivity contribution in [2.45, 2.75) is 38.5 Å². The van der Waals surface area contributed by atoms with Gasteiger partial charge >= 0.3 is 0 Å². The Morgan fingerprint density at radius 3 is 3.13 bits per heavy atom. The summed E-state index contributed by atoms with van der Waals surface area (Å²) in [5.41, 5.74) is 0. The van der Waals surface area contributed by atoms with Crippen LogP contribution >= 0.6 is 0 Å². The van der Waals surface area contributed by atoms with Crippen molar-refractivity contribution in [2.75, 3.05) is 0 Å². The average molecular weight is 206 g/mol. The Bertz CT molecular complexity index is 343. The second-order valence-corrected chi connectivity index (χ2v) is 4.49. The van der Waals surface area contributed by atoms with E-state index in [1.807, 2.05) is 19.4 Å². The maximum atomic E-state index is 11.3. The standard InChI is InChI=1S/C12H18N2O/c1-14-8-7-13-12(14)6-5-10-3-2-4-11(15)9-10/h7-8,10H,2-6,9H2,1H3. The summed E-state index contributed by atoms with van der Waals surface area (Å²) >= 11 is 0. The molecule has 0 amide bonds. The van der Waals surface area contributed by atoms with Crippen LogP contribution in [0.15, 0.2) is 12.4 Å². The van der Waals surface area contributed by atoms with Crippen LogP contribution in [0, 0.1) is 5.92 Å². The van der Waals surface area contributed by atoms with Gasteiger partial charge in [-0.3, -0.25) is 4.79 Å². The molecule has 0 saturated heterocycles. The fourth-order valence-electron chi connectivity index (χ4n) is 2.33. The van der Waals surface area contributed by atoms with E-state index in [-0.39, 0.29) is 0 Å². The van der Waals surface area contributed by atoms with Crippen molar-refractivity contribution < 1.29 is 4.79 Å². The number of Topliss-reactive ketones (excluding diaryl/α,β-unsaturated/α-hetero) is 1. The molecule has 1 unspecified atom stereocenters. The van der Waals surface area contributed by atoms with E-state index in [0.29, 0.717) is 11.7 Å². The van der Waals surface area contributed by atoms with Gasteiger partial charge in [-0.2, -0.15) is 0 Å². The highest BCUT2D eigenvalue weighted by atomic mass is 16.1. The first-order valence-electron chi connectivity index (χ1n) is 5.73. The highest BCUT2D eigenvalue weighted by molar-refractivity contribution is 5.79. The molecule has 1 atom stereocenters. The Hall–Kier alpha value is -1.12. The first-order valence-corrected chi connectivity index (χ1v) is 5.73. The highest BCUT2D eigenvalue weighted by Crippen LogP contribution is 2.25. The molecule has 1 heterocycles. The molecule has 1 saturated carbocycles. The van der Waals surface area contributed by atoms with E-state index in [2.05, 4.69) is 9.55 Å². The van der Waals surface area contributed by atoms with Crippen LogP contribution in [0.2, 0.25) is 0 Å². The van der Waals surface area contributed by atoms with E-state index in [9.17, 15) is 4.79 Å². The molecule has 0 spiro atoms. The fraction of sp³-hybridized carbons (Fsp3) is 0.667. The number of carbonyl (C=O) groups is 1. The summed E-state index contributed by atoms with van der Waals surface area (Å²) in [6.45, 7) is 0. The van der Waals surface area contributed by atoms with E-state index in [4.69, 9.17) is 0 Å². The lowest BCUT2D eigenvalue weighted by Crippen LogP contribution is -2.16. The Labute approximate surface area is 90.5 Å². The van der Waals surface area contributed by atoms with Crippen molar-refractivity contribution >= 4 is 5.78 Å². The lowest BCUT2D eigenvalue weighted by molar-refractivity contribution is -0.121. The van der Waals surface area contributed by atoms with Crippen molar-refractivity contribution in [1.82, 2.24) is 9.55 Å². The van der Waals surface area contributed by atoms with E-state index >= 15 is 0 Å². The average Bonchev–Trinajstić information content (AvgIpc) is 2.61. The second kappa shape index (κ2) is 4.60. The number of hydrogen-bond acceptors (Lipinski definition) is 2. The van der Waals surface area contributed by atoms with Gasteiger partial charge in [-0.15, -0.1) is 0 Å². The zero-order valence-corrected chi connectivity index (χ0v) is 9.28. The molecule has 1 aliphatic rings. The smallest absolute Gasteiger partial charge is 0.133 e. The molecule has 1 aromatic rings. The maximum absolute atomic E-state index is 11.3. The molecule has 82 valence electrons. The highest BCUT2D eigenvalue weighted by Gasteiger charge is 2.19. The molecular weight excluding hydrogens is 188 g/mol. The van der Waals surface area contributed by atoms with Crippen LogP contribution in [-0.4, -0.2) is 15.3 Å². The fourth-order valence-corrected chi connectivity index (χ4v) is 2.33. The molecule has 1 aromatic heterocycles. The quantitative estimate of drug-likeness (QED) is 0.759. The molecule has 0 bridgehead atoms. The van der Waals surface area contributed by atoms with Crippen molar-refractivity contribution in [2.24, 2.45) is 13.0 Å². The molecule has 0 N–H and O–H groups in total. The van der Waals surface area contributed by atoms with Gasteiger partial charge < -0.3 is 4.57 Å². The van der Waals surface area contributed by atoms with Gasteiger partial charge in [-0.1, -0.05) is 0 Å².